The molecule has 1 amide bonds. The van der Waals surface area contributed by atoms with E-state index in [4.69, 9.17) is 4.74 Å². The van der Waals surface area contributed by atoms with Crippen LogP contribution in [-0.2, 0) is 14.3 Å². The van der Waals surface area contributed by atoms with Crippen LogP contribution < -0.4 is 5.32 Å². The van der Waals surface area contributed by atoms with Gasteiger partial charge in [-0.3, -0.25) is 4.79 Å². The van der Waals surface area contributed by atoms with Crippen molar-refractivity contribution in [1.29, 1.82) is 0 Å². The number of hydrogen-bond donors (Lipinski definition) is 1. The van der Waals surface area contributed by atoms with Gasteiger partial charge in [0.15, 0.2) is 0 Å². The molecule has 1 saturated heterocycles. The second-order valence-electron chi connectivity index (χ2n) is 5.83. The summed E-state index contributed by atoms with van der Waals surface area (Å²) < 4.78 is 5.12. The molecule has 1 spiro atoms. The molecule has 102 valence electrons. The predicted octanol–water partition coefficient (Wildman–Crippen LogP) is 2.02. The van der Waals surface area contributed by atoms with Crippen LogP contribution in [0.15, 0.2) is 0 Å². The first-order valence-corrected chi connectivity index (χ1v) is 7.03. The quantitative estimate of drug-likeness (QED) is 0.766. The van der Waals surface area contributed by atoms with Crippen molar-refractivity contribution in [1.82, 2.24) is 5.32 Å². The van der Waals surface area contributed by atoms with Crippen LogP contribution in [0.1, 0.15) is 52.4 Å². The largest absolute Gasteiger partial charge is 0.464 e. The molecule has 1 aliphatic heterocycles. The van der Waals surface area contributed by atoms with Crippen molar-refractivity contribution in [3.63, 3.8) is 0 Å². The van der Waals surface area contributed by atoms with Gasteiger partial charge >= 0.3 is 5.97 Å². The number of ether oxygens (including phenoxy) is 1. The summed E-state index contributed by atoms with van der Waals surface area (Å²) in [6.45, 7) is 4.43. The Labute approximate surface area is 108 Å². The lowest BCUT2D eigenvalue weighted by molar-refractivity contribution is -0.148. The molecule has 1 aliphatic carbocycles. The summed E-state index contributed by atoms with van der Waals surface area (Å²) in [5.41, 5.74) is -0.186. The molecule has 0 bridgehead atoms. The SMILES string of the molecule is CCOC(=O)C1NC(=O)CC12CCCC(C)CC2. The third-order valence-electron chi connectivity index (χ3n) is 4.46. The average Bonchev–Trinajstić information content (AvgIpc) is 2.53. The zero-order valence-corrected chi connectivity index (χ0v) is 11.3. The van der Waals surface area contributed by atoms with Gasteiger partial charge in [-0.25, -0.2) is 4.79 Å². The molecule has 2 aliphatic rings. The van der Waals surface area contributed by atoms with Crippen molar-refractivity contribution < 1.29 is 14.3 Å². The Kier molecular flexibility index (Phi) is 3.93. The van der Waals surface area contributed by atoms with Gasteiger partial charge in [-0.1, -0.05) is 26.2 Å². The van der Waals surface area contributed by atoms with Crippen LogP contribution in [0.4, 0.5) is 0 Å². The first-order valence-electron chi connectivity index (χ1n) is 7.03. The molecule has 4 heteroatoms. The topological polar surface area (TPSA) is 55.4 Å². The third kappa shape index (κ3) is 2.52. The molecule has 4 nitrogen and oxygen atoms in total. The molecule has 1 heterocycles. The molecule has 0 aromatic rings. The Bertz CT molecular complexity index is 342. The summed E-state index contributed by atoms with van der Waals surface area (Å²) in [5, 5.41) is 2.83. The van der Waals surface area contributed by atoms with Crippen molar-refractivity contribution in [2.75, 3.05) is 6.61 Å². The van der Waals surface area contributed by atoms with E-state index in [1.807, 2.05) is 0 Å². The van der Waals surface area contributed by atoms with Gasteiger partial charge in [0.2, 0.25) is 5.91 Å². The highest BCUT2D eigenvalue weighted by atomic mass is 16.5. The Balaban J connectivity index is 2.16. The summed E-state index contributed by atoms with van der Waals surface area (Å²) in [6, 6.07) is -0.421. The fourth-order valence-electron chi connectivity index (χ4n) is 3.39. The van der Waals surface area contributed by atoms with Crippen molar-refractivity contribution in [2.24, 2.45) is 11.3 Å². The van der Waals surface area contributed by atoms with Crippen molar-refractivity contribution >= 4 is 11.9 Å². The van der Waals surface area contributed by atoms with E-state index in [-0.39, 0.29) is 17.3 Å². The van der Waals surface area contributed by atoms with Crippen LogP contribution in [0.2, 0.25) is 0 Å². The number of nitrogens with one attached hydrogen (secondary N) is 1. The van der Waals surface area contributed by atoms with Gasteiger partial charge in [-0.15, -0.1) is 0 Å². The summed E-state index contributed by atoms with van der Waals surface area (Å²) in [4.78, 5) is 23.7. The minimum Gasteiger partial charge on any atom is -0.464 e. The fraction of sp³-hybridized carbons (Fsp3) is 0.857. The van der Waals surface area contributed by atoms with E-state index in [0.29, 0.717) is 18.9 Å². The Morgan fingerprint density at radius 2 is 2.22 bits per heavy atom. The normalized spacial score (nSPS) is 36.2. The van der Waals surface area contributed by atoms with Crippen LogP contribution in [0.5, 0.6) is 0 Å². The van der Waals surface area contributed by atoms with E-state index < -0.39 is 6.04 Å². The van der Waals surface area contributed by atoms with Crippen molar-refractivity contribution in [2.45, 2.75) is 58.4 Å². The van der Waals surface area contributed by atoms with Crippen LogP contribution in [0.3, 0.4) is 0 Å². The van der Waals surface area contributed by atoms with Gasteiger partial charge in [0.25, 0.3) is 0 Å². The van der Waals surface area contributed by atoms with Crippen LogP contribution in [0.25, 0.3) is 0 Å². The standard InChI is InChI=1S/C14H23NO3/c1-3-18-13(17)12-14(9-11(16)15-12)7-4-5-10(2)6-8-14/h10,12H,3-9H2,1-2H3,(H,15,16). The van der Waals surface area contributed by atoms with Gasteiger partial charge in [0.05, 0.1) is 6.61 Å². The van der Waals surface area contributed by atoms with E-state index in [0.717, 1.165) is 25.7 Å². The number of hydrogen-bond acceptors (Lipinski definition) is 3. The molecule has 18 heavy (non-hydrogen) atoms. The maximum atomic E-state index is 12.0. The number of carbonyl (C=O) groups excluding carboxylic acids is 2. The van der Waals surface area contributed by atoms with Crippen molar-refractivity contribution in [3.8, 4) is 0 Å². The van der Waals surface area contributed by atoms with E-state index in [2.05, 4.69) is 12.2 Å². The molecule has 0 radical (unpaired) electrons. The highest BCUT2D eigenvalue weighted by molar-refractivity contribution is 5.90. The van der Waals surface area contributed by atoms with Crippen LogP contribution in [-0.4, -0.2) is 24.5 Å². The minimum atomic E-state index is -0.421. The zero-order valence-electron chi connectivity index (χ0n) is 11.3. The van der Waals surface area contributed by atoms with Crippen LogP contribution >= 0.6 is 0 Å². The number of amides is 1. The first-order chi connectivity index (χ1) is 8.57. The summed E-state index contributed by atoms with van der Waals surface area (Å²) in [5.74, 6) is 0.448. The molecular formula is C14H23NO3. The lowest BCUT2D eigenvalue weighted by Crippen LogP contribution is -2.44. The van der Waals surface area contributed by atoms with Gasteiger partial charge in [-0.2, -0.15) is 0 Å². The third-order valence-corrected chi connectivity index (χ3v) is 4.46. The van der Waals surface area contributed by atoms with E-state index in [1.165, 1.54) is 6.42 Å². The second-order valence-corrected chi connectivity index (χ2v) is 5.83. The average molecular weight is 253 g/mol. The van der Waals surface area contributed by atoms with Crippen molar-refractivity contribution in [3.05, 3.63) is 0 Å². The Morgan fingerprint density at radius 1 is 1.44 bits per heavy atom. The lowest BCUT2D eigenvalue weighted by atomic mass is 9.74. The van der Waals surface area contributed by atoms with E-state index in [1.54, 1.807) is 6.92 Å². The highest BCUT2D eigenvalue weighted by Crippen LogP contribution is 2.45. The molecule has 3 unspecified atom stereocenters. The second kappa shape index (κ2) is 5.29. The van der Waals surface area contributed by atoms with E-state index in [9.17, 15) is 9.59 Å². The molecule has 2 fully saturated rings. The Hall–Kier alpha value is -1.06. The summed E-state index contributed by atoms with van der Waals surface area (Å²) in [7, 11) is 0. The lowest BCUT2D eigenvalue weighted by Gasteiger charge is -2.31. The maximum Gasteiger partial charge on any atom is 0.329 e. The fourth-order valence-corrected chi connectivity index (χ4v) is 3.39. The molecule has 0 aromatic carbocycles. The molecule has 1 N–H and O–H groups in total. The van der Waals surface area contributed by atoms with Crippen LogP contribution in [0, 0.1) is 11.3 Å². The number of esters is 1. The maximum absolute atomic E-state index is 12.0. The Morgan fingerprint density at radius 3 is 2.94 bits per heavy atom. The number of rotatable bonds is 2. The summed E-state index contributed by atoms with van der Waals surface area (Å²) in [6.07, 6.45) is 5.81. The highest BCUT2D eigenvalue weighted by Gasteiger charge is 2.51. The molecule has 3 atom stereocenters. The van der Waals surface area contributed by atoms with E-state index >= 15 is 0 Å². The minimum absolute atomic E-state index is 0.00241. The number of carbonyl (C=O) groups is 2. The van der Waals surface area contributed by atoms with Gasteiger partial charge in [0.1, 0.15) is 6.04 Å². The molecule has 0 aromatic heterocycles. The smallest absolute Gasteiger partial charge is 0.329 e. The molecule has 1 saturated carbocycles. The molecular weight excluding hydrogens is 230 g/mol. The zero-order chi connectivity index (χ0) is 13.2. The summed E-state index contributed by atoms with van der Waals surface area (Å²) >= 11 is 0. The predicted molar refractivity (Wildman–Crippen MR) is 67.9 cm³/mol. The first kappa shape index (κ1) is 13.4. The monoisotopic (exact) mass is 253 g/mol. The van der Waals surface area contributed by atoms with Gasteiger partial charge in [-0.05, 0) is 25.7 Å². The molecule has 2 rings (SSSR count). The van der Waals surface area contributed by atoms with Gasteiger partial charge in [0, 0.05) is 11.8 Å². The van der Waals surface area contributed by atoms with Gasteiger partial charge < -0.3 is 10.1 Å².